The summed E-state index contributed by atoms with van der Waals surface area (Å²) in [7, 11) is 0. The first kappa shape index (κ1) is 14.7. The van der Waals surface area contributed by atoms with Gasteiger partial charge in [-0.2, -0.15) is 5.10 Å². The van der Waals surface area contributed by atoms with Gasteiger partial charge in [-0.3, -0.25) is 4.79 Å². The van der Waals surface area contributed by atoms with Crippen molar-refractivity contribution in [1.29, 1.82) is 0 Å². The summed E-state index contributed by atoms with van der Waals surface area (Å²) in [6.07, 6.45) is 11.8. The molecule has 1 aliphatic rings. The van der Waals surface area contributed by atoms with Gasteiger partial charge in [-0.05, 0) is 37.1 Å². The molecule has 0 radical (unpaired) electrons. The van der Waals surface area contributed by atoms with Gasteiger partial charge in [0.2, 0.25) is 0 Å². The first-order valence-electron chi connectivity index (χ1n) is 8.24. The summed E-state index contributed by atoms with van der Waals surface area (Å²) in [6.45, 7) is 0. The van der Waals surface area contributed by atoms with E-state index in [1.54, 1.807) is 18.7 Å². The normalized spacial score (nSPS) is 14.8. The molecule has 1 fully saturated rings. The lowest BCUT2D eigenvalue weighted by atomic mass is 10.2. The van der Waals surface area contributed by atoms with Gasteiger partial charge in [-0.25, -0.2) is 9.67 Å². The van der Waals surface area contributed by atoms with E-state index in [-0.39, 0.29) is 5.91 Å². The summed E-state index contributed by atoms with van der Waals surface area (Å²) in [5.74, 6) is 0.650. The summed E-state index contributed by atoms with van der Waals surface area (Å²) in [5, 5.41) is 7.36. The molecule has 1 aliphatic carbocycles. The molecule has 6 heteroatoms. The van der Waals surface area contributed by atoms with Crippen molar-refractivity contribution in [3.63, 3.8) is 0 Å². The van der Waals surface area contributed by atoms with Crippen LogP contribution in [-0.4, -0.2) is 25.2 Å². The van der Waals surface area contributed by atoms with E-state index >= 15 is 0 Å². The van der Waals surface area contributed by atoms with Crippen LogP contribution in [0.3, 0.4) is 0 Å². The second-order valence-corrected chi connectivity index (χ2v) is 6.07. The van der Waals surface area contributed by atoms with Crippen molar-refractivity contribution in [1.82, 2.24) is 19.3 Å². The molecule has 122 valence electrons. The van der Waals surface area contributed by atoms with E-state index in [2.05, 4.69) is 15.4 Å². The van der Waals surface area contributed by atoms with Crippen molar-refractivity contribution in [3.05, 3.63) is 60.8 Å². The third kappa shape index (κ3) is 2.82. The molecular formula is C18H19N5O. The standard InChI is InChI=1S/C18H19N5O/c24-18(14-5-7-15(8-6-14)22-12-11-19-13-22)21-17-9-10-20-23(17)16-3-1-2-4-16/h5-13,16H,1-4H2,(H,21,24). The molecule has 1 saturated carbocycles. The van der Waals surface area contributed by atoms with Crippen molar-refractivity contribution in [2.24, 2.45) is 0 Å². The topological polar surface area (TPSA) is 64.7 Å². The maximum atomic E-state index is 12.5. The SMILES string of the molecule is O=C(Nc1ccnn1C1CCCC1)c1ccc(-n2ccnc2)cc1. The van der Waals surface area contributed by atoms with Crippen LogP contribution < -0.4 is 5.32 Å². The van der Waals surface area contributed by atoms with E-state index < -0.39 is 0 Å². The molecule has 4 rings (SSSR count). The number of hydrogen-bond acceptors (Lipinski definition) is 3. The van der Waals surface area contributed by atoms with Crippen LogP contribution in [0.2, 0.25) is 0 Å². The zero-order valence-electron chi connectivity index (χ0n) is 13.3. The third-order valence-corrected chi connectivity index (χ3v) is 4.51. The van der Waals surface area contributed by atoms with Crippen LogP contribution >= 0.6 is 0 Å². The molecule has 0 bridgehead atoms. The number of carbonyl (C=O) groups is 1. The summed E-state index contributed by atoms with van der Waals surface area (Å²) >= 11 is 0. The number of imidazole rings is 1. The number of anilines is 1. The molecule has 0 aliphatic heterocycles. The van der Waals surface area contributed by atoms with Crippen molar-refractivity contribution in [2.45, 2.75) is 31.7 Å². The monoisotopic (exact) mass is 321 g/mol. The maximum absolute atomic E-state index is 12.5. The smallest absolute Gasteiger partial charge is 0.256 e. The summed E-state index contributed by atoms with van der Waals surface area (Å²) < 4.78 is 3.85. The first-order chi connectivity index (χ1) is 11.8. The second-order valence-electron chi connectivity index (χ2n) is 6.07. The van der Waals surface area contributed by atoms with E-state index in [1.165, 1.54) is 12.8 Å². The summed E-state index contributed by atoms with van der Waals surface area (Å²) in [6, 6.07) is 9.71. The van der Waals surface area contributed by atoms with Crippen LogP contribution in [0.25, 0.3) is 5.69 Å². The first-order valence-corrected chi connectivity index (χ1v) is 8.24. The Kier molecular flexibility index (Phi) is 3.86. The zero-order valence-corrected chi connectivity index (χ0v) is 13.3. The molecule has 1 aromatic carbocycles. The molecule has 6 nitrogen and oxygen atoms in total. The van der Waals surface area contributed by atoms with Crippen molar-refractivity contribution in [2.75, 3.05) is 5.32 Å². The Morgan fingerprint density at radius 2 is 1.88 bits per heavy atom. The van der Waals surface area contributed by atoms with Crippen LogP contribution in [0, 0.1) is 0 Å². The lowest BCUT2D eigenvalue weighted by molar-refractivity contribution is 0.102. The van der Waals surface area contributed by atoms with E-state index in [0.717, 1.165) is 24.3 Å². The Morgan fingerprint density at radius 3 is 2.58 bits per heavy atom. The van der Waals surface area contributed by atoms with Gasteiger partial charge in [0, 0.05) is 29.7 Å². The number of nitrogens with one attached hydrogen (secondary N) is 1. The molecular weight excluding hydrogens is 302 g/mol. The fourth-order valence-electron chi connectivity index (χ4n) is 3.24. The van der Waals surface area contributed by atoms with Crippen LogP contribution in [0.5, 0.6) is 0 Å². The largest absolute Gasteiger partial charge is 0.307 e. The highest BCUT2D eigenvalue weighted by Crippen LogP contribution is 2.31. The van der Waals surface area contributed by atoms with E-state index in [1.807, 2.05) is 45.8 Å². The van der Waals surface area contributed by atoms with Gasteiger partial charge in [0.15, 0.2) is 0 Å². The summed E-state index contributed by atoms with van der Waals surface area (Å²) in [5.41, 5.74) is 1.60. The number of amides is 1. The van der Waals surface area contributed by atoms with Gasteiger partial charge in [0.05, 0.1) is 18.6 Å². The Bertz CT molecular complexity index is 813. The number of hydrogen-bond donors (Lipinski definition) is 1. The lowest BCUT2D eigenvalue weighted by Gasteiger charge is -2.14. The van der Waals surface area contributed by atoms with Gasteiger partial charge in [-0.15, -0.1) is 0 Å². The molecule has 24 heavy (non-hydrogen) atoms. The second kappa shape index (κ2) is 6.31. The summed E-state index contributed by atoms with van der Waals surface area (Å²) in [4.78, 5) is 16.5. The van der Waals surface area contributed by atoms with Gasteiger partial charge < -0.3 is 9.88 Å². The fraction of sp³-hybridized carbons (Fsp3) is 0.278. The average Bonchev–Trinajstić information content (AvgIpc) is 3.36. The Balaban J connectivity index is 1.49. The highest BCUT2D eigenvalue weighted by Gasteiger charge is 2.20. The number of aromatic nitrogens is 4. The van der Waals surface area contributed by atoms with Gasteiger partial charge in [0.1, 0.15) is 5.82 Å². The predicted molar refractivity (Wildman–Crippen MR) is 91.2 cm³/mol. The molecule has 0 atom stereocenters. The minimum Gasteiger partial charge on any atom is -0.307 e. The van der Waals surface area contributed by atoms with Crippen LogP contribution in [0.4, 0.5) is 5.82 Å². The molecule has 3 aromatic rings. The molecule has 0 spiro atoms. The molecule has 2 aromatic heterocycles. The highest BCUT2D eigenvalue weighted by atomic mass is 16.1. The predicted octanol–water partition coefficient (Wildman–Crippen LogP) is 3.44. The average molecular weight is 321 g/mol. The third-order valence-electron chi connectivity index (χ3n) is 4.51. The van der Waals surface area contributed by atoms with Crippen LogP contribution in [-0.2, 0) is 0 Å². The molecule has 0 saturated heterocycles. The quantitative estimate of drug-likeness (QED) is 0.800. The number of rotatable bonds is 4. The van der Waals surface area contributed by atoms with E-state index in [4.69, 9.17) is 0 Å². The van der Waals surface area contributed by atoms with Gasteiger partial charge >= 0.3 is 0 Å². The number of carbonyl (C=O) groups excluding carboxylic acids is 1. The maximum Gasteiger partial charge on any atom is 0.256 e. The number of benzene rings is 1. The molecule has 0 unspecified atom stereocenters. The van der Waals surface area contributed by atoms with E-state index in [9.17, 15) is 4.79 Å². The zero-order chi connectivity index (χ0) is 16.4. The van der Waals surface area contributed by atoms with E-state index in [0.29, 0.717) is 11.6 Å². The Labute approximate surface area is 140 Å². The van der Waals surface area contributed by atoms with Crippen molar-refractivity contribution < 1.29 is 4.79 Å². The minimum atomic E-state index is -0.119. The van der Waals surface area contributed by atoms with Crippen LogP contribution in [0.1, 0.15) is 42.1 Å². The molecule has 1 N–H and O–H groups in total. The van der Waals surface area contributed by atoms with Gasteiger partial charge in [-0.1, -0.05) is 12.8 Å². The molecule has 2 heterocycles. The molecule has 1 amide bonds. The van der Waals surface area contributed by atoms with Crippen LogP contribution in [0.15, 0.2) is 55.2 Å². The Morgan fingerprint density at radius 1 is 1.08 bits per heavy atom. The fourth-order valence-corrected chi connectivity index (χ4v) is 3.24. The Hall–Kier alpha value is -2.89. The highest BCUT2D eigenvalue weighted by molar-refractivity contribution is 6.03. The minimum absolute atomic E-state index is 0.119. The van der Waals surface area contributed by atoms with Gasteiger partial charge in [0.25, 0.3) is 5.91 Å². The van der Waals surface area contributed by atoms with Crippen molar-refractivity contribution >= 4 is 11.7 Å². The van der Waals surface area contributed by atoms with Crippen molar-refractivity contribution in [3.8, 4) is 5.69 Å². The lowest BCUT2D eigenvalue weighted by Crippen LogP contribution is -2.17. The number of nitrogens with zero attached hydrogens (tertiary/aromatic N) is 4.